The molecule has 0 bridgehead atoms. The lowest BCUT2D eigenvalue weighted by Gasteiger charge is -2.40. The average Bonchev–Trinajstić information content (AvgIpc) is 2.40. The van der Waals surface area contributed by atoms with Gasteiger partial charge in [-0.1, -0.05) is 19.1 Å². The first-order valence-corrected chi connectivity index (χ1v) is 6.65. The summed E-state index contributed by atoms with van der Waals surface area (Å²) in [7, 11) is 2.13. The van der Waals surface area contributed by atoms with Crippen LogP contribution in [-0.4, -0.2) is 37.6 Å². The van der Waals surface area contributed by atoms with Crippen LogP contribution < -0.4 is 4.90 Å². The summed E-state index contributed by atoms with van der Waals surface area (Å²) in [6.07, 6.45) is 1.67. The summed E-state index contributed by atoms with van der Waals surface area (Å²) in [6.45, 7) is 5.22. The van der Waals surface area contributed by atoms with Crippen molar-refractivity contribution in [1.29, 1.82) is 5.26 Å². The molecule has 0 aliphatic carbocycles. The molecule has 1 aromatic carbocycles. The molecule has 18 heavy (non-hydrogen) atoms. The van der Waals surface area contributed by atoms with Crippen LogP contribution >= 0.6 is 0 Å². The van der Waals surface area contributed by atoms with Gasteiger partial charge in [0.05, 0.1) is 18.5 Å². The predicted octanol–water partition coefficient (Wildman–Crippen LogP) is 2.28. The van der Waals surface area contributed by atoms with Crippen LogP contribution in [0.5, 0.6) is 0 Å². The number of nitrogens with zero attached hydrogens (tertiary/aromatic N) is 3. The van der Waals surface area contributed by atoms with E-state index in [-0.39, 0.29) is 0 Å². The Kier molecular flexibility index (Phi) is 4.22. The van der Waals surface area contributed by atoms with Crippen LogP contribution in [0.25, 0.3) is 0 Å². The van der Waals surface area contributed by atoms with Crippen molar-refractivity contribution in [2.45, 2.75) is 25.8 Å². The zero-order valence-electron chi connectivity index (χ0n) is 11.3. The van der Waals surface area contributed by atoms with Gasteiger partial charge in [0.2, 0.25) is 0 Å². The van der Waals surface area contributed by atoms with E-state index >= 15 is 0 Å². The van der Waals surface area contributed by atoms with Crippen molar-refractivity contribution in [3.05, 3.63) is 29.8 Å². The van der Waals surface area contributed by atoms with E-state index in [1.54, 1.807) is 0 Å². The summed E-state index contributed by atoms with van der Waals surface area (Å²) in [6, 6.07) is 11.4. The maximum absolute atomic E-state index is 8.96. The van der Waals surface area contributed by atoms with Gasteiger partial charge in [-0.2, -0.15) is 5.26 Å². The molecule has 96 valence electrons. The molecule has 0 radical (unpaired) electrons. The van der Waals surface area contributed by atoms with Gasteiger partial charge in [-0.3, -0.25) is 0 Å². The van der Waals surface area contributed by atoms with E-state index in [1.165, 1.54) is 11.3 Å². The zero-order valence-corrected chi connectivity index (χ0v) is 11.3. The monoisotopic (exact) mass is 243 g/mol. The molecule has 1 unspecified atom stereocenters. The lowest BCUT2D eigenvalue weighted by molar-refractivity contribution is 0.268. The molecule has 3 heteroatoms. The van der Waals surface area contributed by atoms with E-state index < -0.39 is 0 Å². The Hall–Kier alpha value is -1.53. The molecule has 1 aliphatic heterocycles. The Balaban J connectivity index is 2.15. The molecule has 3 nitrogen and oxygen atoms in total. The number of likely N-dealkylation sites (N-methyl/N-ethyl adjacent to an activating group) is 1. The number of benzene rings is 1. The standard InChI is InChI=1S/C15H21N3/c1-3-13-4-6-14(7-5-13)18-11-10-17(2)12-15(18)8-9-16/h4-7,15H,3,8,10-12H2,1-2H3. The van der Waals surface area contributed by atoms with Gasteiger partial charge in [0.1, 0.15) is 0 Å². The van der Waals surface area contributed by atoms with E-state index in [0.29, 0.717) is 12.5 Å². The topological polar surface area (TPSA) is 30.3 Å². The van der Waals surface area contributed by atoms with Gasteiger partial charge in [-0.15, -0.1) is 0 Å². The third kappa shape index (κ3) is 2.83. The minimum absolute atomic E-state index is 0.321. The fourth-order valence-corrected chi connectivity index (χ4v) is 2.55. The SMILES string of the molecule is CCc1ccc(N2CCN(C)CC2CC#N)cc1. The molecule has 1 fully saturated rings. The molecular weight excluding hydrogens is 222 g/mol. The predicted molar refractivity (Wildman–Crippen MR) is 74.7 cm³/mol. The third-order valence-electron chi connectivity index (χ3n) is 3.69. The van der Waals surface area contributed by atoms with Crippen molar-refractivity contribution >= 4 is 5.69 Å². The van der Waals surface area contributed by atoms with Gasteiger partial charge >= 0.3 is 0 Å². The highest BCUT2D eigenvalue weighted by Crippen LogP contribution is 2.22. The second-order valence-corrected chi connectivity index (χ2v) is 4.99. The number of hydrogen-bond acceptors (Lipinski definition) is 3. The highest BCUT2D eigenvalue weighted by atomic mass is 15.3. The number of anilines is 1. The van der Waals surface area contributed by atoms with Crippen LogP contribution in [0, 0.1) is 11.3 Å². The molecule has 1 aromatic rings. The van der Waals surface area contributed by atoms with Crippen molar-refractivity contribution in [3.63, 3.8) is 0 Å². The van der Waals surface area contributed by atoms with Crippen LogP contribution in [0.4, 0.5) is 5.69 Å². The quantitative estimate of drug-likeness (QED) is 0.816. The van der Waals surface area contributed by atoms with Crippen LogP contribution in [0.15, 0.2) is 24.3 Å². The van der Waals surface area contributed by atoms with Gasteiger partial charge < -0.3 is 9.80 Å². The summed E-state index contributed by atoms with van der Waals surface area (Å²) in [4.78, 5) is 4.68. The van der Waals surface area contributed by atoms with Gasteiger partial charge in [-0.25, -0.2) is 0 Å². The van der Waals surface area contributed by atoms with Crippen molar-refractivity contribution in [3.8, 4) is 6.07 Å². The van der Waals surface area contributed by atoms with Crippen LogP contribution in [0.2, 0.25) is 0 Å². The fourth-order valence-electron chi connectivity index (χ4n) is 2.55. The van der Waals surface area contributed by atoms with E-state index in [9.17, 15) is 0 Å². The second-order valence-electron chi connectivity index (χ2n) is 4.99. The van der Waals surface area contributed by atoms with Crippen LogP contribution in [0.1, 0.15) is 18.9 Å². The molecule has 1 aliphatic rings. The maximum atomic E-state index is 8.96. The lowest BCUT2D eigenvalue weighted by atomic mass is 10.1. The summed E-state index contributed by atoms with van der Waals surface area (Å²) in [5.41, 5.74) is 2.62. The van der Waals surface area contributed by atoms with Gasteiger partial charge in [0.15, 0.2) is 0 Å². The van der Waals surface area contributed by atoms with E-state index in [1.807, 2.05) is 0 Å². The Morgan fingerprint density at radius 1 is 1.28 bits per heavy atom. The first-order chi connectivity index (χ1) is 8.74. The largest absolute Gasteiger partial charge is 0.365 e. The molecule has 0 saturated carbocycles. The fraction of sp³-hybridized carbons (Fsp3) is 0.533. The summed E-state index contributed by atoms with van der Waals surface area (Å²) in [5.74, 6) is 0. The van der Waals surface area contributed by atoms with E-state index in [2.05, 4.69) is 54.1 Å². The van der Waals surface area contributed by atoms with E-state index in [0.717, 1.165) is 26.1 Å². The number of piperazine rings is 1. The highest BCUT2D eigenvalue weighted by Gasteiger charge is 2.24. The highest BCUT2D eigenvalue weighted by molar-refractivity contribution is 5.49. The summed E-state index contributed by atoms with van der Waals surface area (Å²) >= 11 is 0. The number of rotatable bonds is 3. The van der Waals surface area contributed by atoms with E-state index in [4.69, 9.17) is 5.26 Å². The molecule has 2 rings (SSSR count). The van der Waals surface area contributed by atoms with Gasteiger partial charge in [0, 0.05) is 25.3 Å². The Labute approximate surface area is 110 Å². The Morgan fingerprint density at radius 3 is 2.61 bits per heavy atom. The molecule has 0 spiro atoms. The molecule has 0 N–H and O–H groups in total. The smallest absolute Gasteiger partial charge is 0.0643 e. The molecule has 1 atom stereocenters. The maximum Gasteiger partial charge on any atom is 0.0643 e. The Morgan fingerprint density at radius 2 is 2.00 bits per heavy atom. The Bertz CT molecular complexity index is 418. The third-order valence-corrected chi connectivity index (χ3v) is 3.69. The normalized spacial score (nSPS) is 20.7. The zero-order chi connectivity index (χ0) is 13.0. The van der Waals surface area contributed by atoms with Crippen LogP contribution in [-0.2, 0) is 6.42 Å². The number of nitriles is 1. The first-order valence-electron chi connectivity index (χ1n) is 6.65. The van der Waals surface area contributed by atoms with Gasteiger partial charge in [-0.05, 0) is 31.2 Å². The minimum Gasteiger partial charge on any atom is -0.365 e. The number of aryl methyl sites for hydroxylation is 1. The summed E-state index contributed by atoms with van der Waals surface area (Å²) < 4.78 is 0. The molecule has 0 aromatic heterocycles. The average molecular weight is 243 g/mol. The van der Waals surface area contributed by atoms with Crippen molar-refractivity contribution < 1.29 is 0 Å². The van der Waals surface area contributed by atoms with Crippen molar-refractivity contribution in [2.75, 3.05) is 31.6 Å². The van der Waals surface area contributed by atoms with Gasteiger partial charge in [0.25, 0.3) is 0 Å². The first kappa shape index (κ1) is 12.9. The molecule has 0 amide bonds. The van der Waals surface area contributed by atoms with Crippen molar-refractivity contribution in [2.24, 2.45) is 0 Å². The van der Waals surface area contributed by atoms with Crippen LogP contribution in [0.3, 0.4) is 0 Å². The van der Waals surface area contributed by atoms with Crippen molar-refractivity contribution in [1.82, 2.24) is 4.90 Å². The minimum atomic E-state index is 0.321. The molecule has 1 heterocycles. The molecular formula is C15H21N3. The summed E-state index contributed by atoms with van der Waals surface area (Å²) in [5, 5.41) is 8.96. The lowest BCUT2D eigenvalue weighted by Crippen LogP contribution is -2.51. The second kappa shape index (κ2) is 5.88. The number of hydrogen-bond donors (Lipinski definition) is 0. The molecule has 1 saturated heterocycles.